The lowest BCUT2D eigenvalue weighted by atomic mass is 9.68. The van der Waals surface area contributed by atoms with E-state index in [9.17, 15) is 26.3 Å². The summed E-state index contributed by atoms with van der Waals surface area (Å²) in [6, 6.07) is 0. The first-order chi connectivity index (χ1) is 7.37. The Bertz CT molecular complexity index is 270. The summed E-state index contributed by atoms with van der Waals surface area (Å²) < 4.78 is 77.4. The second kappa shape index (κ2) is 4.19. The fraction of sp³-hybridized carbons (Fsp3) is 1.00. The van der Waals surface area contributed by atoms with Gasteiger partial charge in [0.15, 0.2) is 0 Å². The third-order valence-corrected chi connectivity index (χ3v) is 3.69. The second-order valence-electron chi connectivity index (χ2n) is 4.61. The van der Waals surface area contributed by atoms with Crippen molar-refractivity contribution in [1.29, 1.82) is 0 Å². The summed E-state index contributed by atoms with van der Waals surface area (Å²) >= 11 is 5.70. The Morgan fingerprint density at radius 1 is 1.12 bits per heavy atom. The Morgan fingerprint density at radius 3 is 1.76 bits per heavy atom. The van der Waals surface area contributed by atoms with Crippen LogP contribution in [0.15, 0.2) is 0 Å². The van der Waals surface area contributed by atoms with E-state index < -0.39 is 35.4 Å². The van der Waals surface area contributed by atoms with Gasteiger partial charge in [-0.3, -0.25) is 0 Å². The van der Waals surface area contributed by atoms with Crippen molar-refractivity contribution >= 4 is 11.6 Å². The van der Waals surface area contributed by atoms with E-state index in [2.05, 4.69) is 4.74 Å². The third-order valence-electron chi connectivity index (χ3n) is 2.95. The molecule has 1 rings (SSSR count). The molecule has 0 heterocycles. The van der Waals surface area contributed by atoms with Gasteiger partial charge in [-0.05, 0) is 6.42 Å². The van der Waals surface area contributed by atoms with Crippen molar-refractivity contribution in [2.24, 2.45) is 5.41 Å². The van der Waals surface area contributed by atoms with Gasteiger partial charge in [0.25, 0.3) is 0 Å². The van der Waals surface area contributed by atoms with Crippen molar-refractivity contribution in [2.45, 2.75) is 50.2 Å². The normalized spacial score (nSPS) is 29.3. The zero-order valence-corrected chi connectivity index (χ0v) is 9.75. The maximum Gasteiger partial charge on any atom is 0.423 e. The van der Waals surface area contributed by atoms with Gasteiger partial charge in [-0.15, -0.1) is 11.6 Å². The Morgan fingerprint density at radius 2 is 1.53 bits per heavy atom. The van der Waals surface area contributed by atoms with E-state index in [1.807, 2.05) is 0 Å². The molecule has 0 spiro atoms. The molecule has 1 nitrogen and oxygen atoms in total. The van der Waals surface area contributed by atoms with Gasteiger partial charge >= 0.3 is 12.4 Å². The minimum absolute atomic E-state index is 0.0167. The van der Waals surface area contributed by atoms with E-state index in [0.717, 1.165) is 0 Å². The maximum atomic E-state index is 12.2. The topological polar surface area (TPSA) is 9.23 Å². The highest BCUT2D eigenvalue weighted by atomic mass is 35.5. The molecule has 0 aromatic heterocycles. The molecule has 2 atom stereocenters. The van der Waals surface area contributed by atoms with Crippen molar-refractivity contribution in [3.05, 3.63) is 0 Å². The first-order valence-corrected chi connectivity index (χ1v) is 5.23. The summed E-state index contributed by atoms with van der Waals surface area (Å²) in [5.41, 5.74) is -0.893. The average Bonchev–Trinajstić information content (AvgIpc) is 2.07. The van der Waals surface area contributed by atoms with Crippen molar-refractivity contribution in [3.8, 4) is 0 Å². The molecule has 2 unspecified atom stereocenters. The van der Waals surface area contributed by atoms with Gasteiger partial charge in [0.05, 0.1) is 6.10 Å². The van der Waals surface area contributed by atoms with Crippen LogP contribution in [0.4, 0.5) is 26.3 Å². The molecular weight excluding hydrogens is 274 g/mol. The zero-order chi connectivity index (χ0) is 13.6. The molecule has 0 saturated heterocycles. The molecule has 102 valence electrons. The van der Waals surface area contributed by atoms with Crippen molar-refractivity contribution < 1.29 is 31.1 Å². The van der Waals surface area contributed by atoms with Crippen molar-refractivity contribution in [3.63, 3.8) is 0 Å². The highest BCUT2D eigenvalue weighted by molar-refractivity contribution is 6.21. The second-order valence-corrected chi connectivity index (χ2v) is 5.14. The SMILES string of the molecule is CC1(C)C(Cl)CC1OC(C(F)(F)F)C(F)(F)F. The molecule has 0 aliphatic heterocycles. The lowest BCUT2D eigenvalue weighted by Crippen LogP contribution is -2.57. The molecular formula is C9H11ClF6O. The van der Waals surface area contributed by atoms with Gasteiger partial charge in [-0.25, -0.2) is 0 Å². The molecule has 0 N–H and O–H groups in total. The minimum Gasteiger partial charge on any atom is -0.357 e. The maximum absolute atomic E-state index is 12.2. The molecule has 1 fully saturated rings. The molecule has 1 aliphatic rings. The summed E-state index contributed by atoms with van der Waals surface area (Å²) in [5, 5.41) is -0.477. The number of rotatable bonds is 2. The van der Waals surface area contributed by atoms with Crippen molar-refractivity contribution in [1.82, 2.24) is 0 Å². The van der Waals surface area contributed by atoms with Gasteiger partial charge in [0.1, 0.15) is 0 Å². The monoisotopic (exact) mass is 284 g/mol. The molecule has 0 radical (unpaired) electrons. The van der Waals surface area contributed by atoms with E-state index in [1.165, 1.54) is 13.8 Å². The predicted octanol–water partition coefficient (Wildman–Crippen LogP) is 3.90. The third kappa shape index (κ3) is 2.99. The van der Waals surface area contributed by atoms with Gasteiger partial charge in [0, 0.05) is 10.8 Å². The van der Waals surface area contributed by atoms with E-state index in [0.29, 0.717) is 0 Å². The zero-order valence-electron chi connectivity index (χ0n) is 8.99. The van der Waals surface area contributed by atoms with Gasteiger partial charge in [-0.1, -0.05) is 13.8 Å². The predicted molar refractivity (Wildman–Crippen MR) is 48.8 cm³/mol. The summed E-state index contributed by atoms with van der Waals surface area (Å²) in [4.78, 5) is 0. The standard InChI is InChI=1S/C9H11ClF6O/c1-7(2)4(10)3-5(7)17-6(8(11,12)13)9(14,15)16/h4-6H,3H2,1-2H3. The Kier molecular flexibility index (Phi) is 3.67. The highest BCUT2D eigenvalue weighted by Gasteiger charge is 2.61. The number of hydrogen-bond acceptors (Lipinski definition) is 1. The summed E-state index contributed by atoms with van der Waals surface area (Å²) in [5.74, 6) is 0. The van der Waals surface area contributed by atoms with E-state index in [-0.39, 0.29) is 6.42 Å². The molecule has 1 saturated carbocycles. The number of halogens is 7. The van der Waals surface area contributed by atoms with Crippen LogP contribution in [0.1, 0.15) is 20.3 Å². The smallest absolute Gasteiger partial charge is 0.357 e. The van der Waals surface area contributed by atoms with E-state index in [1.54, 1.807) is 0 Å². The largest absolute Gasteiger partial charge is 0.423 e. The Balaban J connectivity index is 2.77. The van der Waals surface area contributed by atoms with Crippen LogP contribution in [0.3, 0.4) is 0 Å². The van der Waals surface area contributed by atoms with Crippen LogP contribution >= 0.6 is 11.6 Å². The number of hydrogen-bond donors (Lipinski definition) is 0. The van der Waals surface area contributed by atoms with Crippen LogP contribution in [0.25, 0.3) is 0 Å². The first kappa shape index (κ1) is 14.9. The number of alkyl halides is 7. The molecule has 0 aromatic carbocycles. The van der Waals surface area contributed by atoms with Crippen LogP contribution in [0, 0.1) is 5.41 Å². The Labute approximate surface area is 99.1 Å². The van der Waals surface area contributed by atoms with Gasteiger partial charge in [0.2, 0.25) is 6.10 Å². The minimum atomic E-state index is -5.47. The molecule has 0 aromatic rings. The lowest BCUT2D eigenvalue weighted by molar-refractivity contribution is -0.344. The molecule has 0 bridgehead atoms. The van der Waals surface area contributed by atoms with Crippen LogP contribution in [0.5, 0.6) is 0 Å². The van der Waals surface area contributed by atoms with Crippen LogP contribution in [0.2, 0.25) is 0 Å². The molecule has 17 heavy (non-hydrogen) atoms. The Hall–Kier alpha value is -0.170. The number of ether oxygens (including phenoxy) is 1. The average molecular weight is 285 g/mol. The fourth-order valence-electron chi connectivity index (χ4n) is 1.57. The first-order valence-electron chi connectivity index (χ1n) is 4.79. The van der Waals surface area contributed by atoms with E-state index in [4.69, 9.17) is 11.6 Å². The van der Waals surface area contributed by atoms with Crippen molar-refractivity contribution in [2.75, 3.05) is 0 Å². The van der Waals surface area contributed by atoms with Crippen LogP contribution < -0.4 is 0 Å². The quantitative estimate of drug-likeness (QED) is 0.552. The van der Waals surface area contributed by atoms with Crippen LogP contribution in [-0.2, 0) is 4.74 Å². The van der Waals surface area contributed by atoms with Gasteiger partial charge < -0.3 is 4.74 Å². The molecule has 1 aliphatic carbocycles. The van der Waals surface area contributed by atoms with Crippen LogP contribution in [-0.4, -0.2) is 29.9 Å². The van der Waals surface area contributed by atoms with E-state index >= 15 is 0 Å². The summed E-state index contributed by atoms with van der Waals surface area (Å²) in [6.45, 7) is 2.95. The molecule has 0 amide bonds. The summed E-state index contributed by atoms with van der Waals surface area (Å²) in [6.07, 6.45) is -15.8. The lowest BCUT2D eigenvalue weighted by Gasteiger charge is -2.49. The molecule has 8 heteroatoms. The van der Waals surface area contributed by atoms with Gasteiger partial charge in [-0.2, -0.15) is 26.3 Å². The fourth-order valence-corrected chi connectivity index (χ4v) is 1.87. The summed E-state index contributed by atoms with van der Waals surface area (Å²) in [7, 11) is 0. The highest BCUT2D eigenvalue weighted by Crippen LogP contribution is 2.49.